The lowest BCUT2D eigenvalue weighted by atomic mass is 9.71. The highest BCUT2D eigenvalue weighted by Crippen LogP contribution is 2.39. The van der Waals surface area contributed by atoms with Crippen molar-refractivity contribution in [2.45, 2.75) is 31.1 Å². The lowest BCUT2D eigenvalue weighted by Gasteiger charge is -2.38. The molecule has 2 rings (SSSR count). The van der Waals surface area contributed by atoms with Gasteiger partial charge in [-0.15, -0.1) is 0 Å². The lowest BCUT2D eigenvalue weighted by Crippen LogP contribution is -2.39. The van der Waals surface area contributed by atoms with Crippen LogP contribution < -0.4 is 10.0 Å². The Hall–Kier alpha value is -1.67. The first-order valence-corrected chi connectivity index (χ1v) is 8.22. The first-order valence-electron chi connectivity index (χ1n) is 6.73. The number of nitro benzene ring substituents is 1. The van der Waals surface area contributed by atoms with E-state index >= 15 is 0 Å². The summed E-state index contributed by atoms with van der Waals surface area (Å²) in [4.78, 5) is 10.3. The van der Waals surface area contributed by atoms with Gasteiger partial charge in [-0.2, -0.15) is 0 Å². The molecule has 0 radical (unpaired) electrons. The molecule has 116 valence electrons. The van der Waals surface area contributed by atoms with Crippen LogP contribution in [-0.2, 0) is 10.0 Å². The van der Waals surface area contributed by atoms with E-state index in [0.29, 0.717) is 6.54 Å². The Morgan fingerprint density at radius 1 is 1.38 bits per heavy atom. The Labute approximate surface area is 123 Å². The van der Waals surface area contributed by atoms with Crippen LogP contribution in [0.1, 0.15) is 26.2 Å². The van der Waals surface area contributed by atoms with Crippen LogP contribution in [0.15, 0.2) is 23.1 Å². The number of benzene rings is 1. The maximum atomic E-state index is 12.3. The molecule has 0 bridgehead atoms. The summed E-state index contributed by atoms with van der Waals surface area (Å²) in [5.74, 6) is 0. The van der Waals surface area contributed by atoms with Gasteiger partial charge in [0.2, 0.25) is 10.0 Å². The van der Waals surface area contributed by atoms with Crippen molar-refractivity contribution in [3.05, 3.63) is 28.3 Å². The quantitative estimate of drug-likeness (QED) is 0.618. The third-order valence-corrected chi connectivity index (χ3v) is 5.39. The fourth-order valence-corrected chi connectivity index (χ4v) is 3.58. The molecule has 0 unspecified atom stereocenters. The van der Waals surface area contributed by atoms with E-state index in [1.807, 2.05) is 6.92 Å². The second-order valence-corrected chi connectivity index (χ2v) is 7.44. The van der Waals surface area contributed by atoms with Crippen LogP contribution in [0.25, 0.3) is 0 Å². The minimum Gasteiger partial charge on any atom is -0.383 e. The van der Waals surface area contributed by atoms with E-state index in [4.69, 9.17) is 0 Å². The molecular weight excluding hydrogens is 294 g/mol. The number of nitrogens with zero attached hydrogens (tertiary/aromatic N) is 1. The summed E-state index contributed by atoms with van der Waals surface area (Å²) in [7, 11) is -2.14. The monoisotopic (exact) mass is 313 g/mol. The number of nitro groups is 1. The van der Waals surface area contributed by atoms with Gasteiger partial charge < -0.3 is 5.32 Å². The zero-order valence-corrected chi connectivity index (χ0v) is 12.9. The summed E-state index contributed by atoms with van der Waals surface area (Å²) in [6.45, 7) is 2.44. The van der Waals surface area contributed by atoms with Gasteiger partial charge in [0, 0.05) is 19.7 Å². The van der Waals surface area contributed by atoms with E-state index in [2.05, 4.69) is 10.0 Å². The number of hydrogen-bond donors (Lipinski definition) is 2. The van der Waals surface area contributed by atoms with Crippen LogP contribution >= 0.6 is 0 Å². The second kappa shape index (κ2) is 5.61. The van der Waals surface area contributed by atoms with Gasteiger partial charge in [-0.25, -0.2) is 13.1 Å². The second-order valence-electron chi connectivity index (χ2n) is 5.67. The molecule has 1 saturated carbocycles. The van der Waals surface area contributed by atoms with Gasteiger partial charge in [0.15, 0.2) is 0 Å². The van der Waals surface area contributed by atoms with Gasteiger partial charge in [-0.1, -0.05) is 13.3 Å². The van der Waals surface area contributed by atoms with Crippen molar-refractivity contribution in [2.24, 2.45) is 5.41 Å². The molecule has 0 aromatic heterocycles. The predicted molar refractivity (Wildman–Crippen MR) is 79.8 cm³/mol. The van der Waals surface area contributed by atoms with Crippen molar-refractivity contribution in [1.82, 2.24) is 4.72 Å². The van der Waals surface area contributed by atoms with Crippen LogP contribution in [0.3, 0.4) is 0 Å². The smallest absolute Gasteiger partial charge is 0.292 e. The molecule has 0 heterocycles. The third kappa shape index (κ3) is 3.33. The molecule has 0 aliphatic heterocycles. The fraction of sp³-hybridized carbons (Fsp3) is 0.538. The lowest BCUT2D eigenvalue weighted by molar-refractivity contribution is -0.384. The number of hydrogen-bond acceptors (Lipinski definition) is 5. The van der Waals surface area contributed by atoms with Crippen LogP contribution in [-0.4, -0.2) is 26.9 Å². The number of rotatable bonds is 6. The normalized spacial score (nSPS) is 17.0. The molecule has 0 saturated heterocycles. The van der Waals surface area contributed by atoms with Gasteiger partial charge in [-0.05, 0) is 30.4 Å². The molecule has 1 fully saturated rings. The van der Waals surface area contributed by atoms with Gasteiger partial charge in [0.25, 0.3) is 5.69 Å². The maximum absolute atomic E-state index is 12.3. The number of nitrogens with one attached hydrogen (secondary N) is 2. The molecule has 0 amide bonds. The number of anilines is 1. The van der Waals surface area contributed by atoms with Gasteiger partial charge >= 0.3 is 0 Å². The minimum atomic E-state index is -3.66. The highest BCUT2D eigenvalue weighted by Gasteiger charge is 2.33. The van der Waals surface area contributed by atoms with Crippen LogP contribution in [0.2, 0.25) is 0 Å². The van der Waals surface area contributed by atoms with Crippen molar-refractivity contribution in [3.63, 3.8) is 0 Å². The summed E-state index contributed by atoms with van der Waals surface area (Å²) >= 11 is 0. The van der Waals surface area contributed by atoms with Crippen LogP contribution in [0.4, 0.5) is 11.4 Å². The van der Waals surface area contributed by atoms with Crippen LogP contribution in [0.5, 0.6) is 0 Å². The van der Waals surface area contributed by atoms with Crippen molar-refractivity contribution in [1.29, 1.82) is 0 Å². The van der Waals surface area contributed by atoms with Crippen molar-refractivity contribution >= 4 is 21.4 Å². The van der Waals surface area contributed by atoms with E-state index in [9.17, 15) is 18.5 Å². The van der Waals surface area contributed by atoms with Gasteiger partial charge in [0.1, 0.15) is 5.69 Å². The first-order chi connectivity index (χ1) is 9.77. The van der Waals surface area contributed by atoms with Crippen molar-refractivity contribution < 1.29 is 13.3 Å². The molecule has 8 heteroatoms. The zero-order chi connectivity index (χ0) is 15.7. The molecular formula is C13H19N3O4S. The molecule has 0 atom stereocenters. The molecule has 21 heavy (non-hydrogen) atoms. The maximum Gasteiger partial charge on any atom is 0.292 e. The fourth-order valence-electron chi connectivity index (χ4n) is 2.35. The third-order valence-electron chi connectivity index (χ3n) is 3.99. The SMILES string of the molecule is CNc1cc(S(=O)(=O)NCC2(C)CCC2)ccc1[N+](=O)[O-]. The molecule has 0 spiro atoms. The van der Waals surface area contributed by atoms with E-state index in [1.165, 1.54) is 25.2 Å². The Kier molecular flexibility index (Phi) is 4.20. The van der Waals surface area contributed by atoms with E-state index in [0.717, 1.165) is 19.3 Å². The predicted octanol–water partition coefficient (Wildman–Crippen LogP) is 2.10. The highest BCUT2D eigenvalue weighted by atomic mass is 32.2. The Bertz CT molecular complexity index is 653. The van der Waals surface area contributed by atoms with E-state index in [-0.39, 0.29) is 21.7 Å². The molecule has 1 aromatic carbocycles. The molecule has 1 aromatic rings. The summed E-state index contributed by atoms with van der Waals surface area (Å²) < 4.78 is 27.1. The average molecular weight is 313 g/mol. The number of sulfonamides is 1. The Morgan fingerprint density at radius 3 is 2.52 bits per heavy atom. The largest absolute Gasteiger partial charge is 0.383 e. The Morgan fingerprint density at radius 2 is 2.05 bits per heavy atom. The molecule has 7 nitrogen and oxygen atoms in total. The molecule has 1 aliphatic rings. The van der Waals surface area contributed by atoms with E-state index < -0.39 is 14.9 Å². The summed E-state index contributed by atoms with van der Waals surface area (Å²) in [6.07, 6.45) is 3.15. The average Bonchev–Trinajstić information content (AvgIpc) is 2.42. The summed E-state index contributed by atoms with van der Waals surface area (Å²) in [5, 5.41) is 13.5. The zero-order valence-electron chi connectivity index (χ0n) is 12.0. The summed E-state index contributed by atoms with van der Waals surface area (Å²) in [5.41, 5.74) is 0.0554. The van der Waals surface area contributed by atoms with Crippen molar-refractivity contribution in [3.8, 4) is 0 Å². The van der Waals surface area contributed by atoms with Gasteiger partial charge in [-0.3, -0.25) is 10.1 Å². The highest BCUT2D eigenvalue weighted by molar-refractivity contribution is 7.89. The summed E-state index contributed by atoms with van der Waals surface area (Å²) in [6, 6.07) is 3.74. The topological polar surface area (TPSA) is 101 Å². The first kappa shape index (κ1) is 15.7. The standard InChI is InChI=1S/C13H19N3O4S/c1-13(6-3-7-13)9-15-21(19,20)10-4-5-12(16(17)18)11(8-10)14-2/h4-5,8,14-15H,3,6-7,9H2,1-2H3. The molecule has 1 aliphatic carbocycles. The minimum absolute atomic E-state index is 0.0275. The Balaban J connectivity index is 2.21. The van der Waals surface area contributed by atoms with Crippen molar-refractivity contribution in [2.75, 3.05) is 18.9 Å². The van der Waals surface area contributed by atoms with E-state index in [1.54, 1.807) is 0 Å². The van der Waals surface area contributed by atoms with Crippen LogP contribution in [0, 0.1) is 15.5 Å². The molecule has 2 N–H and O–H groups in total. The van der Waals surface area contributed by atoms with Gasteiger partial charge in [0.05, 0.1) is 9.82 Å².